The number of carbonyl (C=O) groups is 1. The number of hydrogen-bond acceptors (Lipinski definition) is 4. The highest BCUT2D eigenvalue weighted by molar-refractivity contribution is 7.10. The van der Waals surface area contributed by atoms with E-state index in [9.17, 15) is 4.79 Å². The first-order chi connectivity index (χ1) is 12.1. The summed E-state index contributed by atoms with van der Waals surface area (Å²) in [4.78, 5) is 20.4. The van der Waals surface area contributed by atoms with Gasteiger partial charge in [0.1, 0.15) is 0 Å². The van der Waals surface area contributed by atoms with E-state index in [1.807, 2.05) is 11.3 Å². The molecule has 0 N–H and O–H groups in total. The molecular weight excluding hydrogens is 348 g/mol. The summed E-state index contributed by atoms with van der Waals surface area (Å²) in [5.74, 6) is 1.54. The molecule has 2 aliphatic heterocycles. The summed E-state index contributed by atoms with van der Waals surface area (Å²) in [6.07, 6.45) is 2.30. The quantitative estimate of drug-likeness (QED) is 0.801. The van der Waals surface area contributed by atoms with Crippen molar-refractivity contribution in [2.75, 3.05) is 26.2 Å². The summed E-state index contributed by atoms with van der Waals surface area (Å²) < 4.78 is 0. The monoisotopic (exact) mass is 374 g/mol. The second kappa shape index (κ2) is 7.22. The Balaban J connectivity index is 1.54. The van der Waals surface area contributed by atoms with Crippen molar-refractivity contribution in [1.82, 2.24) is 9.80 Å². The van der Waals surface area contributed by atoms with E-state index < -0.39 is 0 Å². The maximum Gasteiger partial charge on any atom is 0.236 e. The average molecular weight is 375 g/mol. The molecule has 0 bridgehead atoms. The van der Waals surface area contributed by atoms with Gasteiger partial charge in [-0.15, -0.1) is 22.7 Å². The molecule has 3 nitrogen and oxygen atoms in total. The molecule has 0 saturated carbocycles. The second-order valence-corrected chi connectivity index (χ2v) is 9.66. The Morgan fingerprint density at radius 2 is 1.96 bits per heavy atom. The van der Waals surface area contributed by atoms with Gasteiger partial charge in [0, 0.05) is 29.4 Å². The van der Waals surface area contributed by atoms with Crippen LogP contribution in [0, 0.1) is 11.8 Å². The van der Waals surface area contributed by atoms with Gasteiger partial charge in [0.15, 0.2) is 0 Å². The molecule has 0 spiro atoms. The normalized spacial score (nSPS) is 27.3. The molecule has 2 aromatic heterocycles. The van der Waals surface area contributed by atoms with Crippen LogP contribution in [-0.2, 0) is 11.2 Å². The third-order valence-electron chi connectivity index (χ3n) is 5.44. The summed E-state index contributed by atoms with van der Waals surface area (Å²) in [7, 11) is 0. The molecular formula is C20H26N2OS2. The van der Waals surface area contributed by atoms with E-state index in [2.05, 4.69) is 52.6 Å². The molecule has 4 rings (SSSR count). The Bertz CT molecular complexity index is 714. The Morgan fingerprint density at radius 1 is 1.16 bits per heavy atom. The Hall–Kier alpha value is -1.17. The molecule has 2 aromatic rings. The van der Waals surface area contributed by atoms with Crippen LogP contribution in [0.15, 0.2) is 29.0 Å². The van der Waals surface area contributed by atoms with E-state index in [4.69, 9.17) is 0 Å². The van der Waals surface area contributed by atoms with Crippen molar-refractivity contribution in [3.63, 3.8) is 0 Å². The lowest BCUT2D eigenvalue weighted by molar-refractivity contribution is -0.135. The fraction of sp³-hybridized carbons (Fsp3) is 0.550. The highest BCUT2D eigenvalue weighted by Crippen LogP contribution is 2.39. The zero-order valence-corrected chi connectivity index (χ0v) is 16.6. The minimum Gasteiger partial charge on any atom is -0.341 e. The highest BCUT2D eigenvalue weighted by atomic mass is 32.1. The third-order valence-corrected chi connectivity index (χ3v) is 7.36. The fourth-order valence-corrected chi connectivity index (χ4v) is 6.24. The van der Waals surface area contributed by atoms with Crippen LogP contribution in [0.1, 0.15) is 41.6 Å². The van der Waals surface area contributed by atoms with Gasteiger partial charge < -0.3 is 4.90 Å². The average Bonchev–Trinajstić information content (AvgIpc) is 3.25. The number of carbonyl (C=O) groups excluding carboxylic acids is 1. The van der Waals surface area contributed by atoms with Crippen molar-refractivity contribution < 1.29 is 4.79 Å². The van der Waals surface area contributed by atoms with Gasteiger partial charge in [0.05, 0.1) is 12.6 Å². The van der Waals surface area contributed by atoms with Gasteiger partial charge in [0.25, 0.3) is 0 Å². The van der Waals surface area contributed by atoms with E-state index in [0.717, 1.165) is 26.1 Å². The van der Waals surface area contributed by atoms with Crippen molar-refractivity contribution in [2.24, 2.45) is 11.8 Å². The molecule has 1 amide bonds. The molecule has 3 unspecified atom stereocenters. The van der Waals surface area contributed by atoms with Crippen LogP contribution in [0.3, 0.4) is 0 Å². The van der Waals surface area contributed by atoms with Gasteiger partial charge in [-0.05, 0) is 53.1 Å². The molecule has 1 saturated heterocycles. The van der Waals surface area contributed by atoms with Crippen molar-refractivity contribution in [1.29, 1.82) is 0 Å². The first-order valence-electron chi connectivity index (χ1n) is 9.23. The predicted octanol–water partition coefficient (Wildman–Crippen LogP) is 4.26. The van der Waals surface area contributed by atoms with Crippen molar-refractivity contribution in [3.8, 4) is 0 Å². The molecule has 0 radical (unpaired) electrons. The van der Waals surface area contributed by atoms with Crippen LogP contribution < -0.4 is 0 Å². The van der Waals surface area contributed by atoms with Crippen LogP contribution in [0.25, 0.3) is 0 Å². The molecule has 0 aliphatic carbocycles. The number of likely N-dealkylation sites (tertiary alicyclic amines) is 1. The lowest BCUT2D eigenvalue weighted by atomic mass is 9.92. The topological polar surface area (TPSA) is 23.6 Å². The van der Waals surface area contributed by atoms with Crippen molar-refractivity contribution >= 4 is 28.6 Å². The molecule has 25 heavy (non-hydrogen) atoms. The van der Waals surface area contributed by atoms with Crippen LogP contribution in [0.4, 0.5) is 0 Å². The highest BCUT2D eigenvalue weighted by Gasteiger charge is 2.33. The number of piperidine rings is 1. The lowest BCUT2D eigenvalue weighted by Crippen LogP contribution is -2.48. The van der Waals surface area contributed by atoms with Gasteiger partial charge in [-0.2, -0.15) is 0 Å². The molecule has 2 aliphatic rings. The Labute approximate surface area is 158 Å². The van der Waals surface area contributed by atoms with E-state index in [0.29, 0.717) is 24.3 Å². The van der Waals surface area contributed by atoms with Crippen LogP contribution in [0.5, 0.6) is 0 Å². The molecule has 1 fully saturated rings. The SMILES string of the molecule is CC1CC(C)CN(C(=O)CN2CCc3sccc3C2c2cccs2)C1. The third kappa shape index (κ3) is 3.55. The Morgan fingerprint density at radius 3 is 2.68 bits per heavy atom. The standard InChI is InChI=1S/C20H26N2OS2/c1-14-10-15(2)12-22(11-14)19(23)13-21-7-5-17-16(6-9-25-17)20(21)18-4-3-8-24-18/h3-4,6,8-9,14-15,20H,5,7,10-13H2,1-2H3. The first kappa shape index (κ1) is 17.3. The summed E-state index contributed by atoms with van der Waals surface area (Å²) in [6, 6.07) is 6.84. The van der Waals surface area contributed by atoms with E-state index in [1.54, 1.807) is 11.3 Å². The maximum atomic E-state index is 13.0. The zero-order valence-electron chi connectivity index (χ0n) is 15.0. The van der Waals surface area contributed by atoms with Gasteiger partial charge in [0.2, 0.25) is 5.91 Å². The fourth-order valence-electron chi connectivity index (χ4n) is 4.46. The van der Waals surface area contributed by atoms with Crippen molar-refractivity contribution in [2.45, 2.75) is 32.7 Å². The molecule has 4 heterocycles. The molecule has 134 valence electrons. The van der Waals surface area contributed by atoms with E-state index in [1.165, 1.54) is 21.7 Å². The number of hydrogen-bond donors (Lipinski definition) is 0. The minimum absolute atomic E-state index is 0.249. The van der Waals surface area contributed by atoms with Crippen LogP contribution >= 0.6 is 22.7 Å². The van der Waals surface area contributed by atoms with Crippen LogP contribution in [0.2, 0.25) is 0 Å². The number of amides is 1. The number of fused-ring (bicyclic) bond motifs is 1. The van der Waals surface area contributed by atoms with Gasteiger partial charge in [-0.3, -0.25) is 9.69 Å². The summed E-state index contributed by atoms with van der Waals surface area (Å²) in [5, 5.41) is 4.34. The second-order valence-electron chi connectivity index (χ2n) is 7.68. The van der Waals surface area contributed by atoms with Gasteiger partial charge >= 0.3 is 0 Å². The minimum atomic E-state index is 0.249. The van der Waals surface area contributed by atoms with E-state index in [-0.39, 0.29) is 6.04 Å². The van der Waals surface area contributed by atoms with Gasteiger partial charge in [-0.25, -0.2) is 0 Å². The zero-order chi connectivity index (χ0) is 17.4. The van der Waals surface area contributed by atoms with Crippen molar-refractivity contribution in [3.05, 3.63) is 44.3 Å². The predicted molar refractivity (Wildman–Crippen MR) is 105 cm³/mol. The summed E-state index contributed by atoms with van der Waals surface area (Å²) in [5.41, 5.74) is 1.41. The Kier molecular flexibility index (Phi) is 4.98. The van der Waals surface area contributed by atoms with Gasteiger partial charge in [-0.1, -0.05) is 19.9 Å². The first-order valence-corrected chi connectivity index (χ1v) is 11.0. The molecule has 3 atom stereocenters. The van der Waals surface area contributed by atoms with E-state index >= 15 is 0 Å². The van der Waals surface area contributed by atoms with Crippen LogP contribution in [-0.4, -0.2) is 41.9 Å². The number of thiophene rings is 2. The number of rotatable bonds is 3. The largest absolute Gasteiger partial charge is 0.341 e. The maximum absolute atomic E-state index is 13.0. The summed E-state index contributed by atoms with van der Waals surface area (Å²) >= 11 is 3.66. The number of nitrogens with zero attached hydrogens (tertiary/aromatic N) is 2. The molecule has 5 heteroatoms. The smallest absolute Gasteiger partial charge is 0.236 e. The summed E-state index contributed by atoms with van der Waals surface area (Å²) in [6.45, 7) is 7.89. The lowest BCUT2D eigenvalue weighted by Gasteiger charge is -2.39. The molecule has 0 aromatic carbocycles.